The Labute approximate surface area is 147 Å². The molecule has 5 nitrogen and oxygen atoms in total. The number of carbonyl (C=O) groups is 1. The third kappa shape index (κ3) is 3.99. The van der Waals surface area contributed by atoms with Crippen LogP contribution in [-0.2, 0) is 9.53 Å². The smallest absolute Gasteiger partial charge is 0.233 e. The maximum atomic E-state index is 12.4. The first-order chi connectivity index (χ1) is 11.5. The number of ether oxygens (including phenoxy) is 1. The zero-order chi connectivity index (χ0) is 17.1. The van der Waals surface area contributed by atoms with E-state index in [2.05, 4.69) is 37.0 Å². The molecule has 1 aromatic carbocycles. The number of aromatic nitrogens is 2. The zero-order valence-electron chi connectivity index (χ0n) is 14.4. The number of thioether (sulfide) groups is 1. The molecule has 24 heavy (non-hydrogen) atoms. The van der Waals surface area contributed by atoms with Crippen molar-refractivity contribution < 1.29 is 9.53 Å². The van der Waals surface area contributed by atoms with Crippen molar-refractivity contribution in [1.29, 1.82) is 0 Å². The summed E-state index contributed by atoms with van der Waals surface area (Å²) >= 11 is 1.48. The second-order valence-corrected chi connectivity index (χ2v) is 7.18. The summed E-state index contributed by atoms with van der Waals surface area (Å²) in [6, 6.07) is 6.41. The van der Waals surface area contributed by atoms with E-state index in [-0.39, 0.29) is 12.0 Å². The molecule has 3 rings (SSSR count). The third-order valence-electron chi connectivity index (χ3n) is 4.01. The first-order valence-electron chi connectivity index (χ1n) is 8.17. The van der Waals surface area contributed by atoms with Crippen LogP contribution in [0.4, 0.5) is 0 Å². The van der Waals surface area contributed by atoms with Gasteiger partial charge in [-0.2, -0.15) is 0 Å². The average Bonchev–Trinajstić information content (AvgIpc) is 3.00. The van der Waals surface area contributed by atoms with Crippen LogP contribution in [0.1, 0.15) is 18.1 Å². The topological polar surface area (TPSA) is 47.4 Å². The first kappa shape index (κ1) is 17.0. The molecule has 1 aliphatic rings. The standard InChI is InChI=1S/C18H23N3O2S/c1-13-8-14(2)10-16(9-13)21-5-4-19-18(21)24-12-17(22)20-6-7-23-15(3)11-20/h4-5,8-10,15H,6-7,11-12H2,1-3H3/t15-/m1/s1. The summed E-state index contributed by atoms with van der Waals surface area (Å²) in [5, 5.41) is 0.842. The molecule has 1 fully saturated rings. The van der Waals surface area contributed by atoms with Crippen LogP contribution in [0.15, 0.2) is 35.7 Å². The van der Waals surface area contributed by atoms with Gasteiger partial charge >= 0.3 is 0 Å². The van der Waals surface area contributed by atoms with Gasteiger partial charge in [0.25, 0.3) is 0 Å². The van der Waals surface area contributed by atoms with Gasteiger partial charge in [-0.25, -0.2) is 4.98 Å². The quantitative estimate of drug-likeness (QED) is 0.800. The maximum absolute atomic E-state index is 12.4. The van der Waals surface area contributed by atoms with Crippen LogP contribution in [0.25, 0.3) is 5.69 Å². The number of hydrogen-bond donors (Lipinski definition) is 0. The second kappa shape index (κ2) is 7.40. The molecule has 1 aromatic heterocycles. The second-order valence-electron chi connectivity index (χ2n) is 6.24. The lowest BCUT2D eigenvalue weighted by molar-refractivity contribution is -0.135. The molecule has 6 heteroatoms. The van der Waals surface area contributed by atoms with Crippen LogP contribution in [0.3, 0.4) is 0 Å². The molecule has 1 amide bonds. The Bertz CT molecular complexity index is 709. The van der Waals surface area contributed by atoms with Gasteiger partial charge in [0.15, 0.2) is 5.16 Å². The van der Waals surface area contributed by atoms with Gasteiger partial charge in [0, 0.05) is 31.2 Å². The van der Waals surface area contributed by atoms with Crippen LogP contribution < -0.4 is 0 Å². The molecule has 1 aliphatic heterocycles. The number of amides is 1. The first-order valence-corrected chi connectivity index (χ1v) is 9.15. The fraction of sp³-hybridized carbons (Fsp3) is 0.444. The minimum atomic E-state index is 0.116. The van der Waals surface area contributed by atoms with Crippen LogP contribution >= 0.6 is 11.8 Å². The number of hydrogen-bond acceptors (Lipinski definition) is 4. The number of nitrogens with zero attached hydrogens (tertiary/aromatic N) is 3. The van der Waals surface area contributed by atoms with Gasteiger partial charge in [-0.3, -0.25) is 9.36 Å². The molecule has 0 spiro atoms. The Hall–Kier alpha value is -1.79. The molecule has 2 heterocycles. The highest BCUT2D eigenvalue weighted by atomic mass is 32.2. The Morgan fingerprint density at radius 3 is 2.79 bits per heavy atom. The van der Waals surface area contributed by atoms with Crippen LogP contribution in [0.5, 0.6) is 0 Å². The van der Waals surface area contributed by atoms with Crippen molar-refractivity contribution in [3.8, 4) is 5.69 Å². The van der Waals surface area contributed by atoms with E-state index in [0.717, 1.165) is 10.8 Å². The van der Waals surface area contributed by atoms with Gasteiger partial charge in [-0.05, 0) is 44.0 Å². The molecule has 0 unspecified atom stereocenters. The number of aryl methyl sites for hydroxylation is 2. The Morgan fingerprint density at radius 1 is 1.33 bits per heavy atom. The number of carbonyl (C=O) groups excluding carboxylic acids is 1. The lowest BCUT2D eigenvalue weighted by Crippen LogP contribution is -2.45. The normalized spacial score (nSPS) is 18.0. The summed E-state index contributed by atoms with van der Waals surface area (Å²) in [5.41, 5.74) is 3.51. The van der Waals surface area contributed by atoms with Crippen molar-refractivity contribution in [2.75, 3.05) is 25.4 Å². The molecule has 0 radical (unpaired) electrons. The Morgan fingerprint density at radius 2 is 2.08 bits per heavy atom. The highest BCUT2D eigenvalue weighted by Crippen LogP contribution is 2.22. The zero-order valence-corrected chi connectivity index (χ0v) is 15.2. The number of imidazole rings is 1. The predicted octanol–water partition coefficient (Wildman–Crippen LogP) is 2.83. The summed E-state index contributed by atoms with van der Waals surface area (Å²) in [5.74, 6) is 0.541. The molecule has 0 saturated carbocycles. The fourth-order valence-electron chi connectivity index (χ4n) is 2.95. The molecule has 2 aromatic rings. The SMILES string of the molecule is Cc1cc(C)cc(-n2ccnc2SCC(=O)N2CCO[C@H](C)C2)c1. The van der Waals surface area contributed by atoms with Crippen molar-refractivity contribution in [1.82, 2.24) is 14.5 Å². The summed E-state index contributed by atoms with van der Waals surface area (Å²) in [6.07, 6.45) is 3.84. The Kier molecular flexibility index (Phi) is 5.26. The van der Waals surface area contributed by atoms with Crippen molar-refractivity contribution in [3.63, 3.8) is 0 Å². The van der Waals surface area contributed by atoms with Crippen LogP contribution in [-0.4, -0.2) is 51.9 Å². The molecule has 1 atom stereocenters. The molecular weight excluding hydrogens is 322 g/mol. The van der Waals surface area contributed by atoms with E-state index < -0.39 is 0 Å². The number of benzene rings is 1. The van der Waals surface area contributed by atoms with E-state index in [1.165, 1.54) is 22.9 Å². The minimum absolute atomic E-state index is 0.116. The molecule has 128 valence electrons. The van der Waals surface area contributed by atoms with Crippen molar-refractivity contribution in [3.05, 3.63) is 41.7 Å². The van der Waals surface area contributed by atoms with Gasteiger partial charge in [-0.15, -0.1) is 0 Å². The van der Waals surface area contributed by atoms with Gasteiger partial charge in [0.05, 0.1) is 18.5 Å². The Balaban J connectivity index is 1.68. The molecule has 0 aliphatic carbocycles. The van der Waals surface area contributed by atoms with Gasteiger partial charge in [-0.1, -0.05) is 17.8 Å². The van der Waals surface area contributed by atoms with Crippen molar-refractivity contribution in [2.24, 2.45) is 0 Å². The van der Waals surface area contributed by atoms with E-state index in [0.29, 0.717) is 25.4 Å². The summed E-state index contributed by atoms with van der Waals surface area (Å²) in [7, 11) is 0. The van der Waals surface area contributed by atoms with E-state index >= 15 is 0 Å². The highest BCUT2D eigenvalue weighted by Gasteiger charge is 2.21. The third-order valence-corrected chi connectivity index (χ3v) is 4.96. The molecule has 1 saturated heterocycles. The maximum Gasteiger partial charge on any atom is 0.233 e. The lowest BCUT2D eigenvalue weighted by Gasteiger charge is -2.31. The molecule has 0 N–H and O–H groups in total. The van der Waals surface area contributed by atoms with Crippen LogP contribution in [0, 0.1) is 13.8 Å². The summed E-state index contributed by atoms with van der Waals surface area (Å²) in [4.78, 5) is 18.7. The van der Waals surface area contributed by atoms with Gasteiger partial charge in [0.1, 0.15) is 0 Å². The van der Waals surface area contributed by atoms with E-state index in [1.807, 2.05) is 22.6 Å². The summed E-state index contributed by atoms with van der Waals surface area (Å²) < 4.78 is 7.53. The highest BCUT2D eigenvalue weighted by molar-refractivity contribution is 7.99. The van der Waals surface area contributed by atoms with Gasteiger partial charge in [0.2, 0.25) is 5.91 Å². The van der Waals surface area contributed by atoms with Gasteiger partial charge < -0.3 is 9.64 Å². The number of rotatable bonds is 4. The fourth-order valence-corrected chi connectivity index (χ4v) is 3.82. The van der Waals surface area contributed by atoms with Crippen molar-refractivity contribution in [2.45, 2.75) is 32.0 Å². The molecule has 0 bridgehead atoms. The minimum Gasteiger partial charge on any atom is -0.375 e. The lowest BCUT2D eigenvalue weighted by atomic mass is 10.1. The number of morpholine rings is 1. The summed E-state index contributed by atoms with van der Waals surface area (Å²) in [6.45, 7) is 8.14. The van der Waals surface area contributed by atoms with E-state index in [1.54, 1.807) is 6.20 Å². The predicted molar refractivity (Wildman–Crippen MR) is 95.8 cm³/mol. The van der Waals surface area contributed by atoms with Crippen LogP contribution in [0.2, 0.25) is 0 Å². The van der Waals surface area contributed by atoms with E-state index in [4.69, 9.17) is 4.74 Å². The average molecular weight is 345 g/mol. The van der Waals surface area contributed by atoms with E-state index in [9.17, 15) is 4.79 Å². The monoisotopic (exact) mass is 345 g/mol. The molecular formula is C18H23N3O2S. The van der Waals surface area contributed by atoms with Crippen molar-refractivity contribution >= 4 is 17.7 Å². The largest absolute Gasteiger partial charge is 0.375 e.